The molecule has 1 saturated heterocycles. The normalized spacial score (nSPS) is 25.1. The Balaban J connectivity index is 2.25. The van der Waals surface area contributed by atoms with E-state index in [9.17, 15) is 8.78 Å². The summed E-state index contributed by atoms with van der Waals surface area (Å²) in [7, 11) is 0. The second-order valence-electron chi connectivity index (χ2n) is 3.83. The highest BCUT2D eigenvalue weighted by Gasteiger charge is 2.42. The van der Waals surface area contributed by atoms with Crippen LogP contribution in [0.3, 0.4) is 0 Å². The van der Waals surface area contributed by atoms with Crippen molar-refractivity contribution >= 4 is 11.6 Å². The van der Waals surface area contributed by atoms with Crippen LogP contribution >= 0.6 is 11.6 Å². The molecule has 1 aromatic carbocycles. The van der Waals surface area contributed by atoms with E-state index in [2.05, 4.69) is 5.32 Å². The van der Waals surface area contributed by atoms with Crippen LogP contribution in [0.15, 0.2) is 24.3 Å². The van der Waals surface area contributed by atoms with Crippen molar-refractivity contribution in [3.05, 3.63) is 34.9 Å². The molecule has 1 aliphatic heterocycles. The Morgan fingerprint density at radius 2 is 1.93 bits per heavy atom. The summed E-state index contributed by atoms with van der Waals surface area (Å²) in [5, 5.41) is 3.29. The lowest BCUT2D eigenvalue weighted by Crippen LogP contribution is -2.44. The van der Waals surface area contributed by atoms with Crippen molar-refractivity contribution in [1.29, 1.82) is 0 Å². The lowest BCUT2D eigenvalue weighted by molar-refractivity contribution is -0.0420. The third-order valence-corrected chi connectivity index (χ3v) is 3.00. The second kappa shape index (κ2) is 4.06. The van der Waals surface area contributed by atoms with E-state index < -0.39 is 11.8 Å². The van der Waals surface area contributed by atoms with Crippen molar-refractivity contribution in [2.75, 3.05) is 13.1 Å². The first-order chi connectivity index (χ1) is 7.09. The zero-order chi connectivity index (χ0) is 10.9. The molecule has 1 heterocycles. The van der Waals surface area contributed by atoms with Gasteiger partial charge in [0.1, 0.15) is 0 Å². The summed E-state index contributed by atoms with van der Waals surface area (Å²) < 4.78 is 27.1. The van der Waals surface area contributed by atoms with Crippen molar-refractivity contribution in [3.8, 4) is 0 Å². The minimum atomic E-state index is -2.66. The molecule has 15 heavy (non-hydrogen) atoms. The number of halogens is 3. The number of hydrogen-bond donors (Lipinski definition) is 1. The second-order valence-corrected chi connectivity index (χ2v) is 4.27. The number of alkyl halides is 2. The number of nitrogens with one attached hydrogen (secondary N) is 1. The van der Waals surface area contributed by atoms with Crippen LogP contribution in [0, 0.1) is 0 Å². The number of rotatable bonds is 1. The molecular formula is C11H12ClF2N. The van der Waals surface area contributed by atoms with Crippen LogP contribution in [-0.4, -0.2) is 19.0 Å². The van der Waals surface area contributed by atoms with Crippen LogP contribution in [0.2, 0.25) is 5.02 Å². The maximum Gasteiger partial charge on any atom is 0.267 e. The van der Waals surface area contributed by atoms with E-state index in [1.807, 2.05) is 0 Å². The zero-order valence-electron chi connectivity index (χ0n) is 8.14. The molecular weight excluding hydrogens is 220 g/mol. The van der Waals surface area contributed by atoms with Crippen LogP contribution in [0.25, 0.3) is 0 Å². The summed E-state index contributed by atoms with van der Waals surface area (Å²) >= 11 is 5.72. The van der Waals surface area contributed by atoms with E-state index in [1.165, 1.54) is 0 Å². The largest absolute Gasteiger partial charge is 0.311 e. The summed E-state index contributed by atoms with van der Waals surface area (Å²) in [6.07, 6.45) is 0.467. The van der Waals surface area contributed by atoms with Crippen LogP contribution in [0.1, 0.15) is 17.9 Å². The Morgan fingerprint density at radius 3 is 2.53 bits per heavy atom. The monoisotopic (exact) mass is 231 g/mol. The molecule has 4 heteroatoms. The van der Waals surface area contributed by atoms with Gasteiger partial charge in [-0.25, -0.2) is 8.78 Å². The van der Waals surface area contributed by atoms with Crippen molar-refractivity contribution in [2.24, 2.45) is 0 Å². The van der Waals surface area contributed by atoms with Gasteiger partial charge in [0.05, 0.1) is 12.5 Å². The first-order valence-corrected chi connectivity index (χ1v) is 5.31. The Labute approximate surface area is 92.4 Å². The molecule has 1 unspecified atom stereocenters. The fourth-order valence-electron chi connectivity index (χ4n) is 1.94. The molecule has 1 N–H and O–H groups in total. The molecule has 82 valence electrons. The highest BCUT2D eigenvalue weighted by molar-refractivity contribution is 6.30. The maximum absolute atomic E-state index is 13.6. The van der Waals surface area contributed by atoms with Crippen LogP contribution in [0.5, 0.6) is 0 Å². The highest BCUT2D eigenvalue weighted by atomic mass is 35.5. The van der Waals surface area contributed by atoms with Gasteiger partial charge in [0, 0.05) is 5.02 Å². The van der Waals surface area contributed by atoms with Crippen molar-refractivity contribution in [2.45, 2.75) is 18.3 Å². The third-order valence-electron chi connectivity index (χ3n) is 2.75. The molecule has 0 aliphatic carbocycles. The first-order valence-electron chi connectivity index (χ1n) is 4.93. The van der Waals surface area contributed by atoms with E-state index >= 15 is 0 Å². The smallest absolute Gasteiger partial charge is 0.267 e. The van der Waals surface area contributed by atoms with E-state index in [1.54, 1.807) is 24.3 Å². The van der Waals surface area contributed by atoms with E-state index in [4.69, 9.17) is 11.6 Å². The van der Waals surface area contributed by atoms with Crippen LogP contribution in [-0.2, 0) is 0 Å². The van der Waals surface area contributed by atoms with Crippen LogP contribution in [0.4, 0.5) is 8.78 Å². The summed E-state index contributed by atoms with van der Waals surface area (Å²) in [6.45, 7) is 0.406. The van der Waals surface area contributed by atoms with Gasteiger partial charge in [-0.2, -0.15) is 0 Å². The fourth-order valence-corrected chi connectivity index (χ4v) is 2.07. The highest BCUT2D eigenvalue weighted by Crippen LogP contribution is 2.37. The molecule has 1 nitrogen and oxygen atoms in total. The van der Waals surface area contributed by atoms with Gasteiger partial charge in [0.25, 0.3) is 5.92 Å². The summed E-state index contributed by atoms with van der Waals surface area (Å²) in [5.41, 5.74) is 0.672. The molecule has 1 aliphatic rings. The number of piperidine rings is 1. The molecule has 0 radical (unpaired) electrons. The predicted molar refractivity (Wildman–Crippen MR) is 56.6 cm³/mol. The minimum absolute atomic E-state index is 0.236. The number of benzene rings is 1. The Morgan fingerprint density at radius 1 is 1.27 bits per heavy atom. The van der Waals surface area contributed by atoms with Gasteiger partial charge in [-0.3, -0.25) is 0 Å². The van der Waals surface area contributed by atoms with Gasteiger partial charge in [0.2, 0.25) is 0 Å². The molecule has 1 atom stereocenters. The van der Waals surface area contributed by atoms with Crippen molar-refractivity contribution in [1.82, 2.24) is 5.32 Å². The number of hydrogen-bond acceptors (Lipinski definition) is 1. The zero-order valence-corrected chi connectivity index (χ0v) is 8.90. The lowest BCUT2D eigenvalue weighted by Gasteiger charge is -2.32. The average molecular weight is 232 g/mol. The van der Waals surface area contributed by atoms with Gasteiger partial charge in [0.15, 0.2) is 0 Å². The maximum atomic E-state index is 13.6. The molecule has 0 spiro atoms. The predicted octanol–water partition coefficient (Wildman–Crippen LogP) is 3.05. The fraction of sp³-hybridized carbons (Fsp3) is 0.455. The summed E-state index contributed by atoms with van der Waals surface area (Å²) in [6, 6.07) is 6.70. The summed E-state index contributed by atoms with van der Waals surface area (Å²) in [4.78, 5) is 0. The quantitative estimate of drug-likeness (QED) is 0.783. The van der Waals surface area contributed by atoms with Crippen molar-refractivity contribution in [3.63, 3.8) is 0 Å². The van der Waals surface area contributed by atoms with Gasteiger partial charge >= 0.3 is 0 Å². The average Bonchev–Trinajstić information content (AvgIpc) is 2.19. The molecule has 0 saturated carbocycles. The van der Waals surface area contributed by atoms with Gasteiger partial charge in [-0.05, 0) is 30.7 Å². The van der Waals surface area contributed by atoms with Gasteiger partial charge in [-0.15, -0.1) is 0 Å². The summed E-state index contributed by atoms with van der Waals surface area (Å²) in [5.74, 6) is -3.34. The molecule has 2 rings (SSSR count). The minimum Gasteiger partial charge on any atom is -0.311 e. The van der Waals surface area contributed by atoms with Gasteiger partial charge < -0.3 is 5.32 Å². The van der Waals surface area contributed by atoms with E-state index in [0.29, 0.717) is 23.6 Å². The Kier molecular flexibility index (Phi) is 2.94. The Bertz CT molecular complexity index is 337. The van der Waals surface area contributed by atoms with Crippen molar-refractivity contribution < 1.29 is 8.78 Å². The third kappa shape index (κ3) is 2.29. The lowest BCUT2D eigenvalue weighted by atomic mass is 9.87. The Hall–Kier alpha value is -0.670. The topological polar surface area (TPSA) is 12.0 Å². The SMILES string of the molecule is FC1(F)CNCCC1c1ccc(Cl)cc1. The first kappa shape index (κ1) is 10.8. The van der Waals surface area contributed by atoms with E-state index in [0.717, 1.165) is 0 Å². The molecule has 1 fully saturated rings. The molecule has 1 aromatic rings. The standard InChI is InChI=1S/C11H12ClF2N/c12-9-3-1-8(2-4-9)10-5-6-15-7-11(10,13)14/h1-4,10,15H,5-7H2. The van der Waals surface area contributed by atoms with Gasteiger partial charge in [-0.1, -0.05) is 23.7 Å². The molecule has 0 amide bonds. The van der Waals surface area contributed by atoms with E-state index in [-0.39, 0.29) is 6.54 Å². The van der Waals surface area contributed by atoms with Crippen LogP contribution < -0.4 is 5.32 Å². The molecule has 0 bridgehead atoms. The molecule has 0 aromatic heterocycles.